The second-order valence-corrected chi connectivity index (χ2v) is 4.46. The lowest BCUT2D eigenvalue weighted by Crippen LogP contribution is -2.08. The number of aryl methyl sites for hydroxylation is 1. The average Bonchev–Trinajstić information content (AvgIpc) is 2.42. The van der Waals surface area contributed by atoms with Gasteiger partial charge in [0.1, 0.15) is 5.69 Å². The predicted molar refractivity (Wildman–Crippen MR) is 57.1 cm³/mol. The van der Waals surface area contributed by atoms with Gasteiger partial charge in [-0.15, -0.1) is 5.10 Å². The van der Waals surface area contributed by atoms with Crippen LogP contribution < -0.4 is 0 Å². The van der Waals surface area contributed by atoms with E-state index >= 15 is 0 Å². The normalized spacial score (nSPS) is 10.9. The van der Waals surface area contributed by atoms with E-state index in [4.69, 9.17) is 0 Å². The molecule has 0 aliphatic rings. The molecule has 0 saturated heterocycles. The lowest BCUT2D eigenvalue weighted by atomic mass is 10.0. The molecule has 0 aromatic carbocycles. The SMILES string of the molecule is CC(C)CCC(=O)c1c(Br)nnn1C. The van der Waals surface area contributed by atoms with Crippen LogP contribution in [0.4, 0.5) is 0 Å². The Morgan fingerprint density at radius 2 is 2.21 bits per heavy atom. The van der Waals surface area contributed by atoms with Gasteiger partial charge in [-0.1, -0.05) is 19.1 Å². The number of nitrogens with zero attached hydrogens (tertiary/aromatic N) is 3. The summed E-state index contributed by atoms with van der Waals surface area (Å²) in [6.45, 7) is 4.20. The van der Waals surface area contributed by atoms with Crippen LogP contribution in [0.2, 0.25) is 0 Å². The number of halogens is 1. The summed E-state index contributed by atoms with van der Waals surface area (Å²) in [4.78, 5) is 11.7. The van der Waals surface area contributed by atoms with Crippen LogP contribution in [0.25, 0.3) is 0 Å². The summed E-state index contributed by atoms with van der Waals surface area (Å²) in [5, 5.41) is 7.54. The number of carbonyl (C=O) groups is 1. The van der Waals surface area contributed by atoms with Crippen LogP contribution in [0.5, 0.6) is 0 Å². The van der Waals surface area contributed by atoms with Gasteiger partial charge in [-0.05, 0) is 28.3 Å². The number of hydrogen-bond acceptors (Lipinski definition) is 3. The van der Waals surface area contributed by atoms with Crippen molar-refractivity contribution in [1.29, 1.82) is 0 Å². The largest absolute Gasteiger partial charge is 0.292 e. The van der Waals surface area contributed by atoms with Crippen molar-refractivity contribution in [3.05, 3.63) is 10.3 Å². The lowest BCUT2D eigenvalue weighted by molar-refractivity contribution is 0.0965. The molecule has 0 N–H and O–H groups in total. The molecule has 78 valence electrons. The Morgan fingerprint density at radius 1 is 1.57 bits per heavy atom. The topological polar surface area (TPSA) is 47.8 Å². The van der Waals surface area contributed by atoms with E-state index in [1.165, 1.54) is 4.68 Å². The highest BCUT2D eigenvalue weighted by atomic mass is 79.9. The standard InChI is InChI=1S/C9H14BrN3O/c1-6(2)4-5-7(14)8-9(10)11-12-13(8)3/h6H,4-5H2,1-3H3. The second-order valence-electron chi connectivity index (χ2n) is 3.71. The van der Waals surface area contributed by atoms with E-state index in [1.807, 2.05) is 0 Å². The number of Topliss-reactive ketones (excluding diaryl/α,β-unsaturated/α-hetero) is 1. The first-order valence-electron chi connectivity index (χ1n) is 4.60. The molecule has 1 heterocycles. The quantitative estimate of drug-likeness (QED) is 0.779. The van der Waals surface area contributed by atoms with Gasteiger partial charge in [-0.2, -0.15) is 0 Å². The van der Waals surface area contributed by atoms with Gasteiger partial charge in [0.05, 0.1) is 0 Å². The molecule has 1 aromatic rings. The maximum atomic E-state index is 11.7. The first-order valence-corrected chi connectivity index (χ1v) is 5.40. The molecule has 0 aliphatic carbocycles. The first kappa shape index (κ1) is 11.4. The number of hydrogen-bond donors (Lipinski definition) is 0. The Balaban J connectivity index is 2.70. The molecule has 4 nitrogen and oxygen atoms in total. The smallest absolute Gasteiger partial charge is 0.183 e. The maximum Gasteiger partial charge on any atom is 0.183 e. The van der Waals surface area contributed by atoms with E-state index in [1.54, 1.807) is 7.05 Å². The average molecular weight is 260 g/mol. The van der Waals surface area contributed by atoms with Gasteiger partial charge in [-0.3, -0.25) is 4.79 Å². The Bertz CT molecular complexity index is 313. The molecule has 0 atom stereocenters. The molecule has 0 radical (unpaired) electrons. The van der Waals surface area contributed by atoms with Crippen LogP contribution in [0.3, 0.4) is 0 Å². The minimum atomic E-state index is 0.0954. The highest BCUT2D eigenvalue weighted by Gasteiger charge is 2.16. The summed E-state index contributed by atoms with van der Waals surface area (Å²) in [5.74, 6) is 0.636. The van der Waals surface area contributed by atoms with Crippen molar-refractivity contribution >= 4 is 21.7 Å². The van der Waals surface area contributed by atoms with E-state index in [-0.39, 0.29) is 5.78 Å². The molecule has 1 rings (SSSR count). The molecular weight excluding hydrogens is 246 g/mol. The monoisotopic (exact) mass is 259 g/mol. The fourth-order valence-corrected chi connectivity index (χ4v) is 1.71. The van der Waals surface area contributed by atoms with Gasteiger partial charge in [-0.25, -0.2) is 4.68 Å². The molecular formula is C9H14BrN3O. The summed E-state index contributed by atoms with van der Waals surface area (Å²) in [5.41, 5.74) is 0.561. The van der Waals surface area contributed by atoms with E-state index in [0.717, 1.165) is 6.42 Å². The van der Waals surface area contributed by atoms with Gasteiger partial charge in [0.15, 0.2) is 10.4 Å². The van der Waals surface area contributed by atoms with Gasteiger partial charge in [0, 0.05) is 13.5 Å². The molecule has 14 heavy (non-hydrogen) atoms. The molecule has 0 amide bonds. The second kappa shape index (κ2) is 4.68. The summed E-state index contributed by atoms with van der Waals surface area (Å²) in [7, 11) is 1.72. The van der Waals surface area contributed by atoms with Crippen LogP contribution in [-0.2, 0) is 7.05 Å². The Hall–Kier alpha value is -0.710. The van der Waals surface area contributed by atoms with Crippen LogP contribution >= 0.6 is 15.9 Å². The molecule has 0 saturated carbocycles. The van der Waals surface area contributed by atoms with Crippen molar-refractivity contribution in [2.24, 2.45) is 13.0 Å². The zero-order valence-electron chi connectivity index (χ0n) is 8.62. The fourth-order valence-electron chi connectivity index (χ4n) is 1.17. The van der Waals surface area contributed by atoms with Gasteiger partial charge >= 0.3 is 0 Å². The number of ketones is 1. The molecule has 0 unspecified atom stereocenters. The van der Waals surface area contributed by atoms with Crippen molar-refractivity contribution in [3.8, 4) is 0 Å². The number of rotatable bonds is 4. The molecule has 0 spiro atoms. The zero-order chi connectivity index (χ0) is 10.7. The van der Waals surface area contributed by atoms with E-state index in [2.05, 4.69) is 40.1 Å². The van der Waals surface area contributed by atoms with Crippen LogP contribution in [0, 0.1) is 5.92 Å². The van der Waals surface area contributed by atoms with Crippen molar-refractivity contribution < 1.29 is 4.79 Å². The van der Waals surface area contributed by atoms with E-state index in [0.29, 0.717) is 22.6 Å². The predicted octanol–water partition coefficient (Wildman–Crippen LogP) is 2.20. The highest BCUT2D eigenvalue weighted by molar-refractivity contribution is 9.10. The van der Waals surface area contributed by atoms with Crippen LogP contribution in [-0.4, -0.2) is 20.8 Å². The number of carbonyl (C=O) groups excluding carboxylic acids is 1. The third-order valence-electron chi connectivity index (χ3n) is 2.00. The molecule has 0 fully saturated rings. The third kappa shape index (κ3) is 2.64. The van der Waals surface area contributed by atoms with Gasteiger partial charge < -0.3 is 0 Å². The maximum absolute atomic E-state index is 11.7. The fraction of sp³-hybridized carbons (Fsp3) is 0.667. The summed E-state index contributed by atoms with van der Waals surface area (Å²) in [6, 6.07) is 0. The Kier molecular flexibility index (Phi) is 3.80. The summed E-state index contributed by atoms with van der Waals surface area (Å²) in [6.07, 6.45) is 1.45. The lowest BCUT2D eigenvalue weighted by Gasteiger charge is -2.03. The third-order valence-corrected chi connectivity index (χ3v) is 2.53. The van der Waals surface area contributed by atoms with E-state index in [9.17, 15) is 4.79 Å². The molecule has 5 heteroatoms. The van der Waals surface area contributed by atoms with Crippen molar-refractivity contribution in [1.82, 2.24) is 15.0 Å². The first-order chi connectivity index (χ1) is 6.52. The van der Waals surface area contributed by atoms with Crippen LogP contribution in [0.15, 0.2) is 4.60 Å². The highest BCUT2D eigenvalue weighted by Crippen LogP contribution is 2.16. The Labute approximate surface area is 91.8 Å². The van der Waals surface area contributed by atoms with Gasteiger partial charge in [0.25, 0.3) is 0 Å². The van der Waals surface area contributed by atoms with Crippen LogP contribution in [0.1, 0.15) is 37.2 Å². The molecule has 0 bridgehead atoms. The zero-order valence-corrected chi connectivity index (χ0v) is 10.2. The number of aromatic nitrogens is 3. The van der Waals surface area contributed by atoms with Crippen molar-refractivity contribution in [3.63, 3.8) is 0 Å². The molecule has 1 aromatic heterocycles. The summed E-state index contributed by atoms with van der Waals surface area (Å²) < 4.78 is 2.04. The minimum Gasteiger partial charge on any atom is -0.292 e. The van der Waals surface area contributed by atoms with E-state index < -0.39 is 0 Å². The summed E-state index contributed by atoms with van der Waals surface area (Å²) >= 11 is 3.21. The van der Waals surface area contributed by atoms with Crippen molar-refractivity contribution in [2.75, 3.05) is 0 Å². The minimum absolute atomic E-state index is 0.0954. The van der Waals surface area contributed by atoms with Gasteiger partial charge in [0.2, 0.25) is 0 Å². The molecule has 0 aliphatic heterocycles. The Morgan fingerprint density at radius 3 is 2.64 bits per heavy atom. The van der Waals surface area contributed by atoms with Crippen molar-refractivity contribution in [2.45, 2.75) is 26.7 Å².